The summed E-state index contributed by atoms with van der Waals surface area (Å²) < 4.78 is 14.9. The first kappa shape index (κ1) is 15.2. The van der Waals surface area contributed by atoms with Crippen molar-refractivity contribution in [2.75, 3.05) is 13.1 Å². The highest BCUT2D eigenvalue weighted by atomic mass is 19.1. The highest BCUT2D eigenvalue weighted by molar-refractivity contribution is 5.73. The number of rotatable bonds is 3. The molecule has 0 saturated carbocycles. The molecule has 0 N–H and O–H groups in total. The fourth-order valence-corrected chi connectivity index (χ4v) is 3.55. The Labute approximate surface area is 140 Å². The number of likely N-dealkylation sites (tertiary alicyclic amines) is 1. The molecule has 0 bridgehead atoms. The van der Waals surface area contributed by atoms with E-state index in [1.54, 1.807) is 12.4 Å². The van der Waals surface area contributed by atoms with E-state index in [0.29, 0.717) is 5.92 Å². The highest BCUT2D eigenvalue weighted by Gasteiger charge is 2.26. The zero-order valence-electron chi connectivity index (χ0n) is 13.7. The van der Waals surface area contributed by atoms with Crippen LogP contribution in [0.2, 0.25) is 0 Å². The van der Waals surface area contributed by atoms with Gasteiger partial charge in [0.2, 0.25) is 0 Å². The zero-order chi connectivity index (χ0) is 16.5. The average molecular weight is 325 g/mol. The van der Waals surface area contributed by atoms with Gasteiger partial charge in [-0.1, -0.05) is 12.1 Å². The summed E-state index contributed by atoms with van der Waals surface area (Å²) in [5, 5.41) is 4.68. The minimum Gasteiger partial charge on any atom is -0.298 e. The fourth-order valence-electron chi connectivity index (χ4n) is 3.55. The molecule has 1 aliphatic rings. The van der Waals surface area contributed by atoms with E-state index in [4.69, 9.17) is 0 Å². The van der Waals surface area contributed by atoms with Crippen LogP contribution in [0.1, 0.15) is 30.0 Å². The number of aryl methyl sites for hydroxylation is 1. The second kappa shape index (κ2) is 6.28. The van der Waals surface area contributed by atoms with Gasteiger partial charge in [0.15, 0.2) is 5.65 Å². The topological polar surface area (TPSA) is 46.8 Å². The van der Waals surface area contributed by atoms with E-state index in [2.05, 4.69) is 20.0 Å². The highest BCUT2D eigenvalue weighted by Crippen LogP contribution is 2.30. The first-order valence-corrected chi connectivity index (χ1v) is 8.31. The number of benzene rings is 1. The molecule has 1 aliphatic heterocycles. The smallest absolute Gasteiger partial charge is 0.176 e. The van der Waals surface area contributed by atoms with Gasteiger partial charge in [0.05, 0.1) is 5.69 Å². The summed E-state index contributed by atoms with van der Waals surface area (Å²) in [4.78, 5) is 11.3. The lowest BCUT2D eigenvalue weighted by molar-refractivity contribution is 0.198. The maximum Gasteiger partial charge on any atom is 0.176 e. The van der Waals surface area contributed by atoms with Crippen molar-refractivity contribution < 1.29 is 4.39 Å². The molecule has 124 valence electrons. The maximum absolute atomic E-state index is 13.1. The van der Waals surface area contributed by atoms with Gasteiger partial charge >= 0.3 is 0 Å². The fraction of sp³-hybridized carbons (Fsp3) is 0.389. The van der Waals surface area contributed by atoms with Gasteiger partial charge in [0.25, 0.3) is 0 Å². The molecule has 0 spiro atoms. The van der Waals surface area contributed by atoms with Gasteiger partial charge in [-0.2, -0.15) is 5.10 Å². The van der Waals surface area contributed by atoms with Crippen LogP contribution in [0.25, 0.3) is 11.2 Å². The van der Waals surface area contributed by atoms with Gasteiger partial charge < -0.3 is 0 Å². The van der Waals surface area contributed by atoms with E-state index in [-0.39, 0.29) is 5.82 Å². The van der Waals surface area contributed by atoms with Gasteiger partial charge in [-0.25, -0.2) is 19.0 Å². The van der Waals surface area contributed by atoms with Crippen LogP contribution >= 0.6 is 0 Å². The molecule has 5 nitrogen and oxygen atoms in total. The summed E-state index contributed by atoms with van der Waals surface area (Å²) in [5.74, 6) is 0.174. The summed E-state index contributed by atoms with van der Waals surface area (Å²) in [6.45, 7) is 2.84. The van der Waals surface area contributed by atoms with Crippen molar-refractivity contribution in [2.45, 2.75) is 25.3 Å². The van der Waals surface area contributed by atoms with Crippen LogP contribution in [0.3, 0.4) is 0 Å². The van der Waals surface area contributed by atoms with Crippen molar-refractivity contribution in [1.29, 1.82) is 0 Å². The van der Waals surface area contributed by atoms with Crippen molar-refractivity contribution in [2.24, 2.45) is 7.05 Å². The summed E-state index contributed by atoms with van der Waals surface area (Å²) in [5.41, 5.74) is 3.93. The molecular formula is C18H20FN5. The number of hydrogen-bond acceptors (Lipinski definition) is 4. The summed E-state index contributed by atoms with van der Waals surface area (Å²) in [7, 11) is 1.92. The van der Waals surface area contributed by atoms with Gasteiger partial charge in [0.1, 0.15) is 11.3 Å². The summed E-state index contributed by atoms with van der Waals surface area (Å²) in [6.07, 6.45) is 5.68. The first-order chi connectivity index (χ1) is 11.7. The molecule has 24 heavy (non-hydrogen) atoms. The Morgan fingerprint density at radius 3 is 2.79 bits per heavy atom. The van der Waals surface area contributed by atoms with Crippen molar-refractivity contribution in [3.63, 3.8) is 0 Å². The monoisotopic (exact) mass is 325 g/mol. The molecule has 1 fully saturated rings. The minimum absolute atomic E-state index is 0.186. The normalized spacial score (nSPS) is 19.0. The van der Waals surface area contributed by atoms with E-state index in [9.17, 15) is 4.39 Å². The number of nitrogens with zero attached hydrogens (tertiary/aromatic N) is 5. The minimum atomic E-state index is -0.186. The number of hydrogen-bond donors (Lipinski definition) is 0. The molecule has 2 aromatic heterocycles. The van der Waals surface area contributed by atoms with Crippen LogP contribution in [0.4, 0.5) is 4.39 Å². The lowest BCUT2D eigenvalue weighted by Crippen LogP contribution is -2.34. The molecule has 6 heteroatoms. The third-order valence-electron chi connectivity index (χ3n) is 4.70. The largest absolute Gasteiger partial charge is 0.298 e. The molecule has 3 heterocycles. The molecule has 4 rings (SSSR count). The number of fused-ring (bicyclic) bond motifs is 1. The summed E-state index contributed by atoms with van der Waals surface area (Å²) >= 11 is 0. The first-order valence-electron chi connectivity index (χ1n) is 8.31. The van der Waals surface area contributed by atoms with Gasteiger partial charge in [-0.05, 0) is 37.1 Å². The second-order valence-corrected chi connectivity index (χ2v) is 6.44. The lowest BCUT2D eigenvalue weighted by Gasteiger charge is -2.32. The molecule has 1 aromatic carbocycles. The van der Waals surface area contributed by atoms with Crippen LogP contribution in [0.5, 0.6) is 0 Å². The van der Waals surface area contributed by atoms with Crippen molar-refractivity contribution in [3.05, 3.63) is 53.7 Å². The molecule has 0 amide bonds. The Morgan fingerprint density at radius 2 is 1.96 bits per heavy atom. The maximum atomic E-state index is 13.1. The molecule has 1 atom stereocenters. The Bertz CT molecular complexity index is 842. The number of aromatic nitrogens is 4. The van der Waals surface area contributed by atoms with Crippen LogP contribution in [-0.4, -0.2) is 37.7 Å². The number of piperidine rings is 1. The third kappa shape index (κ3) is 2.89. The van der Waals surface area contributed by atoms with Crippen LogP contribution in [-0.2, 0) is 13.6 Å². The molecule has 1 saturated heterocycles. The second-order valence-electron chi connectivity index (χ2n) is 6.44. The van der Waals surface area contributed by atoms with Crippen LogP contribution < -0.4 is 0 Å². The lowest BCUT2D eigenvalue weighted by atomic mass is 9.94. The zero-order valence-corrected chi connectivity index (χ0v) is 13.7. The van der Waals surface area contributed by atoms with E-state index >= 15 is 0 Å². The Morgan fingerprint density at radius 1 is 1.17 bits per heavy atom. The SMILES string of the molecule is Cn1nc([C@@H]2CCCN(Cc3ccc(F)cc3)C2)c2nccnc21. The van der Waals surface area contributed by atoms with Gasteiger partial charge in [0, 0.05) is 38.4 Å². The third-order valence-corrected chi connectivity index (χ3v) is 4.70. The predicted octanol–water partition coefficient (Wildman–Crippen LogP) is 2.88. The molecule has 3 aromatic rings. The van der Waals surface area contributed by atoms with Crippen molar-refractivity contribution in [3.8, 4) is 0 Å². The van der Waals surface area contributed by atoms with Gasteiger partial charge in [-0.3, -0.25) is 4.90 Å². The van der Waals surface area contributed by atoms with E-state index < -0.39 is 0 Å². The van der Waals surface area contributed by atoms with E-state index in [1.807, 2.05) is 23.9 Å². The Balaban J connectivity index is 1.55. The quantitative estimate of drug-likeness (QED) is 0.743. The van der Waals surface area contributed by atoms with Crippen molar-refractivity contribution >= 4 is 11.2 Å². The van der Waals surface area contributed by atoms with E-state index in [1.165, 1.54) is 12.1 Å². The standard InChI is InChI=1S/C18H20FN5/c1-23-18-17(20-8-9-21-18)16(22-23)14-3-2-10-24(12-14)11-13-4-6-15(19)7-5-13/h4-9,14H,2-3,10-12H2,1H3/t14-/m1/s1. The Kier molecular flexibility index (Phi) is 3.98. The predicted molar refractivity (Wildman–Crippen MR) is 90.0 cm³/mol. The number of halogens is 1. The molecule has 0 aliphatic carbocycles. The summed E-state index contributed by atoms with van der Waals surface area (Å²) in [6, 6.07) is 6.78. The average Bonchev–Trinajstić information content (AvgIpc) is 2.95. The van der Waals surface area contributed by atoms with Crippen LogP contribution in [0.15, 0.2) is 36.7 Å². The van der Waals surface area contributed by atoms with Gasteiger partial charge in [-0.15, -0.1) is 0 Å². The molecule has 0 unspecified atom stereocenters. The van der Waals surface area contributed by atoms with Crippen molar-refractivity contribution in [1.82, 2.24) is 24.6 Å². The Hall–Kier alpha value is -2.34. The van der Waals surface area contributed by atoms with E-state index in [0.717, 1.165) is 54.9 Å². The molecule has 0 radical (unpaired) electrons. The van der Waals surface area contributed by atoms with Crippen LogP contribution in [0, 0.1) is 5.82 Å². The molecular weight excluding hydrogens is 305 g/mol.